The Balaban J connectivity index is 1.54. The first-order valence-corrected chi connectivity index (χ1v) is 8.45. The van der Waals surface area contributed by atoms with E-state index < -0.39 is 0 Å². The largest absolute Gasteiger partial charge is 0.382 e. The van der Waals surface area contributed by atoms with Crippen molar-refractivity contribution in [1.82, 2.24) is 4.98 Å². The molecule has 0 saturated heterocycles. The topological polar surface area (TPSA) is 24.9 Å². The molecule has 2 nitrogen and oxygen atoms in total. The van der Waals surface area contributed by atoms with Crippen molar-refractivity contribution in [2.45, 2.75) is 38.6 Å². The van der Waals surface area contributed by atoms with Gasteiger partial charge in [0.05, 0.1) is 10.7 Å². The molecule has 1 N–H and O–H groups in total. The molecule has 3 atom stereocenters. The SMILES string of the molecule is Cc1nc(-c2cccc(NC3CC4CCC3C4)c2)cs1. The van der Waals surface area contributed by atoms with Crippen molar-refractivity contribution in [3.8, 4) is 11.3 Å². The van der Waals surface area contributed by atoms with E-state index in [1.54, 1.807) is 11.3 Å². The van der Waals surface area contributed by atoms with Crippen molar-refractivity contribution in [1.29, 1.82) is 0 Å². The highest BCUT2D eigenvalue weighted by molar-refractivity contribution is 7.09. The van der Waals surface area contributed by atoms with E-state index in [0.29, 0.717) is 6.04 Å². The van der Waals surface area contributed by atoms with E-state index in [4.69, 9.17) is 0 Å². The van der Waals surface area contributed by atoms with E-state index in [1.807, 2.05) is 0 Å². The predicted octanol–water partition coefficient (Wildman–Crippen LogP) is 4.72. The molecule has 1 aromatic carbocycles. The lowest BCUT2D eigenvalue weighted by Gasteiger charge is -2.24. The first-order chi connectivity index (χ1) is 9.78. The van der Waals surface area contributed by atoms with E-state index >= 15 is 0 Å². The number of rotatable bonds is 3. The van der Waals surface area contributed by atoms with E-state index in [2.05, 4.69) is 46.9 Å². The van der Waals surface area contributed by atoms with E-state index in [0.717, 1.165) is 22.5 Å². The van der Waals surface area contributed by atoms with Gasteiger partial charge < -0.3 is 5.32 Å². The van der Waals surface area contributed by atoms with Crippen molar-refractivity contribution in [2.24, 2.45) is 11.8 Å². The summed E-state index contributed by atoms with van der Waals surface area (Å²) < 4.78 is 0. The average molecular weight is 284 g/mol. The molecule has 2 aliphatic rings. The number of anilines is 1. The summed E-state index contributed by atoms with van der Waals surface area (Å²) in [5.41, 5.74) is 3.58. The van der Waals surface area contributed by atoms with Crippen LogP contribution in [0.25, 0.3) is 11.3 Å². The Kier molecular flexibility index (Phi) is 3.03. The molecular formula is C17H20N2S. The van der Waals surface area contributed by atoms with Gasteiger partial charge in [0.15, 0.2) is 0 Å². The van der Waals surface area contributed by atoms with Gasteiger partial charge in [-0.05, 0) is 50.2 Å². The molecule has 20 heavy (non-hydrogen) atoms. The van der Waals surface area contributed by atoms with Crippen molar-refractivity contribution in [3.63, 3.8) is 0 Å². The van der Waals surface area contributed by atoms with Crippen LogP contribution in [0.4, 0.5) is 5.69 Å². The standard InChI is InChI=1S/C17H20N2S/c1-11-18-17(10-20-11)13-3-2-4-15(9-13)19-16-8-12-5-6-14(16)7-12/h2-4,9-10,12,14,16,19H,5-8H2,1H3. The van der Waals surface area contributed by atoms with Crippen molar-refractivity contribution in [3.05, 3.63) is 34.7 Å². The summed E-state index contributed by atoms with van der Waals surface area (Å²) in [6.45, 7) is 2.06. The maximum absolute atomic E-state index is 4.58. The van der Waals surface area contributed by atoms with E-state index in [9.17, 15) is 0 Å². The molecule has 0 aliphatic heterocycles. The Bertz CT molecular complexity index is 619. The molecule has 0 amide bonds. The van der Waals surface area contributed by atoms with Crippen LogP contribution in [0, 0.1) is 18.8 Å². The number of benzene rings is 1. The van der Waals surface area contributed by atoms with Crippen LogP contribution < -0.4 is 5.32 Å². The monoisotopic (exact) mass is 284 g/mol. The highest BCUT2D eigenvalue weighted by Crippen LogP contribution is 2.45. The minimum atomic E-state index is 0.696. The second-order valence-electron chi connectivity index (χ2n) is 6.26. The summed E-state index contributed by atoms with van der Waals surface area (Å²) in [6.07, 6.45) is 5.70. The summed E-state index contributed by atoms with van der Waals surface area (Å²) >= 11 is 1.72. The smallest absolute Gasteiger partial charge is 0.0901 e. The fourth-order valence-electron chi connectivity index (χ4n) is 3.90. The Hall–Kier alpha value is -1.35. The molecule has 4 rings (SSSR count). The van der Waals surface area contributed by atoms with Crippen LogP contribution in [0.1, 0.15) is 30.7 Å². The number of nitrogens with zero attached hydrogens (tertiary/aromatic N) is 1. The molecule has 3 heteroatoms. The van der Waals surface area contributed by atoms with Crippen molar-refractivity contribution in [2.75, 3.05) is 5.32 Å². The van der Waals surface area contributed by atoms with E-state index in [1.165, 1.54) is 36.9 Å². The van der Waals surface area contributed by atoms with Crippen LogP contribution in [0.2, 0.25) is 0 Å². The van der Waals surface area contributed by atoms with E-state index in [-0.39, 0.29) is 0 Å². The van der Waals surface area contributed by atoms with Gasteiger partial charge in [0.25, 0.3) is 0 Å². The molecule has 2 fully saturated rings. The van der Waals surface area contributed by atoms with Crippen LogP contribution in [-0.4, -0.2) is 11.0 Å². The van der Waals surface area contributed by atoms with Crippen LogP contribution in [0.5, 0.6) is 0 Å². The molecule has 0 spiro atoms. The summed E-state index contributed by atoms with van der Waals surface area (Å²) in [7, 11) is 0. The highest BCUT2D eigenvalue weighted by Gasteiger charge is 2.39. The summed E-state index contributed by atoms with van der Waals surface area (Å²) in [5.74, 6) is 1.90. The van der Waals surface area contributed by atoms with Crippen LogP contribution >= 0.6 is 11.3 Å². The lowest BCUT2D eigenvalue weighted by Crippen LogP contribution is -2.25. The summed E-state index contributed by atoms with van der Waals surface area (Å²) in [4.78, 5) is 4.58. The van der Waals surface area contributed by atoms with Gasteiger partial charge in [0, 0.05) is 22.7 Å². The number of nitrogens with one attached hydrogen (secondary N) is 1. The molecule has 0 radical (unpaired) electrons. The van der Waals surface area contributed by atoms with Gasteiger partial charge in [-0.25, -0.2) is 4.98 Å². The summed E-state index contributed by atoms with van der Waals surface area (Å²) in [6, 6.07) is 9.43. The molecule has 2 saturated carbocycles. The first kappa shape index (κ1) is 12.4. The zero-order valence-corrected chi connectivity index (χ0v) is 12.6. The molecule has 2 aromatic rings. The number of aryl methyl sites for hydroxylation is 1. The third-order valence-electron chi connectivity index (χ3n) is 4.87. The second kappa shape index (κ2) is 4.88. The maximum Gasteiger partial charge on any atom is 0.0901 e. The molecule has 1 heterocycles. The molecule has 3 unspecified atom stereocenters. The zero-order valence-electron chi connectivity index (χ0n) is 11.8. The minimum absolute atomic E-state index is 0.696. The fraction of sp³-hybridized carbons (Fsp3) is 0.471. The third kappa shape index (κ3) is 2.24. The van der Waals surface area contributed by atoms with Gasteiger partial charge in [0.2, 0.25) is 0 Å². The Labute approximate surface area is 124 Å². The van der Waals surface area contributed by atoms with Crippen LogP contribution in [0.15, 0.2) is 29.6 Å². The lowest BCUT2D eigenvalue weighted by atomic mass is 9.95. The Morgan fingerprint density at radius 2 is 2.20 bits per heavy atom. The fourth-order valence-corrected chi connectivity index (χ4v) is 4.52. The Morgan fingerprint density at radius 1 is 1.25 bits per heavy atom. The summed E-state index contributed by atoms with van der Waals surface area (Å²) in [5, 5.41) is 7.04. The zero-order chi connectivity index (χ0) is 13.5. The van der Waals surface area contributed by atoms with Crippen LogP contribution in [-0.2, 0) is 0 Å². The normalized spacial score (nSPS) is 27.9. The third-order valence-corrected chi connectivity index (χ3v) is 5.64. The molecule has 2 aliphatic carbocycles. The van der Waals surface area contributed by atoms with Crippen molar-refractivity contribution >= 4 is 17.0 Å². The number of thiazole rings is 1. The van der Waals surface area contributed by atoms with Crippen LogP contribution in [0.3, 0.4) is 0 Å². The minimum Gasteiger partial charge on any atom is -0.382 e. The van der Waals surface area contributed by atoms with Gasteiger partial charge in [0.1, 0.15) is 0 Å². The average Bonchev–Trinajstić information content (AvgIpc) is 3.15. The highest BCUT2D eigenvalue weighted by atomic mass is 32.1. The van der Waals surface area contributed by atoms with Gasteiger partial charge >= 0.3 is 0 Å². The van der Waals surface area contributed by atoms with Gasteiger partial charge in [-0.1, -0.05) is 18.6 Å². The molecule has 1 aromatic heterocycles. The molecule has 104 valence electrons. The number of fused-ring (bicyclic) bond motifs is 2. The maximum atomic E-state index is 4.58. The number of hydrogen-bond acceptors (Lipinski definition) is 3. The second-order valence-corrected chi connectivity index (χ2v) is 7.32. The molecule has 2 bridgehead atoms. The molecular weight excluding hydrogens is 264 g/mol. The lowest BCUT2D eigenvalue weighted by molar-refractivity contribution is 0.440. The quantitative estimate of drug-likeness (QED) is 0.882. The predicted molar refractivity (Wildman–Crippen MR) is 85.1 cm³/mol. The number of aromatic nitrogens is 1. The Morgan fingerprint density at radius 3 is 2.90 bits per heavy atom. The number of hydrogen-bond donors (Lipinski definition) is 1. The van der Waals surface area contributed by atoms with Gasteiger partial charge in [-0.15, -0.1) is 11.3 Å². The first-order valence-electron chi connectivity index (χ1n) is 7.57. The van der Waals surface area contributed by atoms with Gasteiger partial charge in [-0.3, -0.25) is 0 Å². The van der Waals surface area contributed by atoms with Crippen molar-refractivity contribution < 1.29 is 0 Å². The van der Waals surface area contributed by atoms with Gasteiger partial charge in [-0.2, -0.15) is 0 Å².